The molecule has 4 aromatic rings. The van der Waals surface area contributed by atoms with E-state index < -0.39 is 23.4 Å². The molecule has 3 aromatic carbocycles. The van der Waals surface area contributed by atoms with Crippen molar-refractivity contribution in [3.8, 4) is 11.1 Å². The molecule has 0 spiro atoms. The van der Waals surface area contributed by atoms with E-state index in [9.17, 15) is 18.0 Å². The van der Waals surface area contributed by atoms with Gasteiger partial charge in [-0.05, 0) is 70.8 Å². The number of anilines is 3. The maximum absolute atomic E-state index is 12.8. The van der Waals surface area contributed by atoms with Crippen molar-refractivity contribution in [2.45, 2.75) is 51.6 Å². The van der Waals surface area contributed by atoms with Gasteiger partial charge in [0.2, 0.25) is 5.95 Å². The van der Waals surface area contributed by atoms with Crippen molar-refractivity contribution >= 4 is 34.9 Å². The average Bonchev–Trinajstić information content (AvgIpc) is 3.59. The van der Waals surface area contributed by atoms with Gasteiger partial charge >= 0.3 is 12.1 Å². The van der Waals surface area contributed by atoms with E-state index in [4.69, 9.17) is 22.4 Å². The highest BCUT2D eigenvalue weighted by molar-refractivity contribution is 6.30. The number of carbonyl (C=O) groups is 1. The summed E-state index contributed by atoms with van der Waals surface area (Å²) in [6, 6.07) is 17.4. The molecule has 2 aliphatic rings. The molecule has 218 valence electrons. The SMILES string of the molecule is Cc1c(CC2CCCC2)cc2c(c1N)Cc1ccccc1-2.O=C(O)c1cnc(Nc2cccc(Cl)c2)nc1C(F)(F)F. The highest BCUT2D eigenvalue weighted by Crippen LogP contribution is 2.43. The van der Waals surface area contributed by atoms with Crippen molar-refractivity contribution in [2.75, 3.05) is 11.1 Å². The van der Waals surface area contributed by atoms with Gasteiger partial charge in [0.05, 0.1) is 0 Å². The molecule has 1 aromatic heterocycles. The molecule has 1 saturated carbocycles. The number of aromatic carboxylic acids is 1. The van der Waals surface area contributed by atoms with Crippen LogP contribution in [0.3, 0.4) is 0 Å². The van der Waals surface area contributed by atoms with Gasteiger partial charge in [-0.2, -0.15) is 13.2 Å². The monoisotopic (exact) mass is 594 g/mol. The molecule has 0 atom stereocenters. The minimum atomic E-state index is -4.90. The van der Waals surface area contributed by atoms with E-state index in [1.54, 1.807) is 18.2 Å². The number of alkyl halides is 3. The van der Waals surface area contributed by atoms with Crippen molar-refractivity contribution in [3.05, 3.63) is 99.3 Å². The van der Waals surface area contributed by atoms with Crippen molar-refractivity contribution in [1.29, 1.82) is 0 Å². The number of hydrogen-bond donors (Lipinski definition) is 3. The fraction of sp³-hybridized carbons (Fsp3) is 0.281. The van der Waals surface area contributed by atoms with Gasteiger partial charge in [0.1, 0.15) is 5.56 Å². The zero-order chi connectivity index (χ0) is 30.0. The number of benzene rings is 3. The predicted octanol–water partition coefficient (Wildman–Crippen LogP) is 8.47. The summed E-state index contributed by atoms with van der Waals surface area (Å²) in [6.45, 7) is 2.21. The molecule has 10 heteroatoms. The number of nitrogens with zero attached hydrogens (tertiary/aromatic N) is 2. The molecule has 0 saturated heterocycles. The van der Waals surface area contributed by atoms with E-state index in [2.05, 4.69) is 52.5 Å². The number of rotatable bonds is 5. The van der Waals surface area contributed by atoms with Crippen LogP contribution < -0.4 is 11.1 Å². The summed E-state index contributed by atoms with van der Waals surface area (Å²) in [5.41, 5.74) is 13.7. The zero-order valence-corrected chi connectivity index (χ0v) is 23.7. The van der Waals surface area contributed by atoms with Gasteiger partial charge in [-0.15, -0.1) is 0 Å². The Morgan fingerprint density at radius 1 is 1.10 bits per heavy atom. The fourth-order valence-electron chi connectivity index (χ4n) is 5.72. The lowest BCUT2D eigenvalue weighted by atomic mass is 9.90. The number of nitrogens with one attached hydrogen (secondary N) is 1. The minimum Gasteiger partial charge on any atom is -0.478 e. The standard InChI is InChI=1S/C20H23N.C12H7ClF3N3O2/c1-13-16(10-14-6-2-3-7-14)12-18-17-9-5-4-8-15(17)11-19(18)20(13)21;13-6-2-1-3-7(4-6)18-11-17-5-8(10(20)21)9(19-11)12(14,15)16/h4-5,8-9,12,14H,2-3,6-7,10-11,21H2,1H3;1-5H,(H,20,21)(H,17,18,19). The summed E-state index contributed by atoms with van der Waals surface area (Å²) >= 11 is 5.74. The number of fused-ring (bicyclic) bond motifs is 3. The second kappa shape index (κ2) is 12.0. The quantitative estimate of drug-likeness (QED) is 0.176. The third kappa shape index (κ3) is 6.36. The second-order valence-corrected chi connectivity index (χ2v) is 11.1. The van der Waals surface area contributed by atoms with Crippen molar-refractivity contribution in [3.63, 3.8) is 0 Å². The van der Waals surface area contributed by atoms with E-state index >= 15 is 0 Å². The normalized spacial score (nSPS) is 14.1. The molecule has 4 N–H and O–H groups in total. The Labute approximate surface area is 246 Å². The first-order valence-corrected chi connectivity index (χ1v) is 14.1. The van der Waals surface area contributed by atoms with Gasteiger partial charge in [0.15, 0.2) is 5.69 Å². The molecule has 0 radical (unpaired) electrons. The van der Waals surface area contributed by atoms with Crippen LogP contribution in [0, 0.1) is 12.8 Å². The topological polar surface area (TPSA) is 101 Å². The first-order chi connectivity index (χ1) is 20.0. The lowest BCUT2D eigenvalue weighted by Gasteiger charge is -2.17. The molecule has 0 amide bonds. The van der Waals surface area contributed by atoms with Crippen LogP contribution in [0.1, 0.15) is 64.0 Å². The maximum atomic E-state index is 12.8. The van der Waals surface area contributed by atoms with E-state index in [1.807, 2.05) is 0 Å². The maximum Gasteiger partial charge on any atom is 0.434 e. The average molecular weight is 595 g/mol. The van der Waals surface area contributed by atoms with Gasteiger partial charge in [-0.3, -0.25) is 0 Å². The summed E-state index contributed by atoms with van der Waals surface area (Å²) in [7, 11) is 0. The molecule has 2 aliphatic carbocycles. The highest BCUT2D eigenvalue weighted by atomic mass is 35.5. The molecule has 6 rings (SSSR count). The molecular weight excluding hydrogens is 565 g/mol. The number of carboxylic acids is 1. The summed E-state index contributed by atoms with van der Waals surface area (Å²) in [6.07, 6.45) is 3.53. The van der Waals surface area contributed by atoms with Crippen molar-refractivity contribution in [1.82, 2.24) is 9.97 Å². The number of nitrogen functional groups attached to an aromatic ring is 1. The number of hydrogen-bond acceptors (Lipinski definition) is 5. The van der Waals surface area contributed by atoms with Crippen molar-refractivity contribution < 1.29 is 23.1 Å². The Bertz CT molecular complexity index is 1640. The summed E-state index contributed by atoms with van der Waals surface area (Å²) < 4.78 is 38.4. The zero-order valence-electron chi connectivity index (χ0n) is 22.9. The Hall–Kier alpha value is -4.11. The van der Waals surface area contributed by atoms with Crippen LogP contribution in [0.4, 0.5) is 30.5 Å². The molecule has 6 nitrogen and oxygen atoms in total. The van der Waals surface area contributed by atoms with Crippen LogP contribution in [0.5, 0.6) is 0 Å². The van der Waals surface area contributed by atoms with Crippen LogP contribution >= 0.6 is 11.6 Å². The number of aromatic nitrogens is 2. The number of halogens is 4. The predicted molar refractivity (Wildman–Crippen MR) is 158 cm³/mol. The van der Waals surface area contributed by atoms with Crippen LogP contribution in [-0.4, -0.2) is 21.0 Å². The number of nitrogens with two attached hydrogens (primary N) is 1. The lowest BCUT2D eigenvalue weighted by molar-refractivity contribution is -0.141. The van der Waals surface area contributed by atoms with E-state index in [0.29, 0.717) is 16.9 Å². The summed E-state index contributed by atoms with van der Waals surface area (Å²) in [5, 5.41) is 11.6. The lowest BCUT2D eigenvalue weighted by Crippen LogP contribution is -2.17. The van der Waals surface area contributed by atoms with Gasteiger partial charge in [0.25, 0.3) is 0 Å². The Morgan fingerprint density at radius 2 is 1.83 bits per heavy atom. The minimum absolute atomic E-state index is 0.373. The Morgan fingerprint density at radius 3 is 2.52 bits per heavy atom. The van der Waals surface area contributed by atoms with Gasteiger partial charge in [-0.25, -0.2) is 14.8 Å². The molecular formula is C32H30ClF3N4O2. The Balaban J connectivity index is 0.000000168. The van der Waals surface area contributed by atoms with Crippen LogP contribution in [0.15, 0.2) is 60.8 Å². The van der Waals surface area contributed by atoms with Gasteiger partial charge < -0.3 is 16.2 Å². The highest BCUT2D eigenvalue weighted by Gasteiger charge is 2.38. The van der Waals surface area contributed by atoms with Crippen LogP contribution in [0.25, 0.3) is 11.1 Å². The number of carboxylic acid groups (broad SMARTS) is 1. The van der Waals surface area contributed by atoms with Gasteiger partial charge in [-0.1, -0.05) is 73.7 Å². The molecule has 42 heavy (non-hydrogen) atoms. The van der Waals surface area contributed by atoms with E-state index in [0.717, 1.165) is 18.0 Å². The van der Waals surface area contributed by atoms with Gasteiger partial charge in [0, 0.05) is 29.0 Å². The second-order valence-electron chi connectivity index (χ2n) is 10.7. The summed E-state index contributed by atoms with van der Waals surface area (Å²) in [5.74, 6) is -1.26. The first kappa shape index (κ1) is 29.4. The van der Waals surface area contributed by atoms with E-state index in [1.165, 1.54) is 71.6 Å². The first-order valence-electron chi connectivity index (χ1n) is 13.7. The fourth-order valence-corrected chi connectivity index (χ4v) is 5.91. The van der Waals surface area contributed by atoms with Crippen LogP contribution in [-0.2, 0) is 19.0 Å². The molecule has 1 fully saturated rings. The van der Waals surface area contributed by atoms with Crippen molar-refractivity contribution in [2.24, 2.45) is 5.92 Å². The molecule has 0 bridgehead atoms. The van der Waals surface area contributed by atoms with Crippen LogP contribution in [0.2, 0.25) is 5.02 Å². The largest absolute Gasteiger partial charge is 0.478 e. The smallest absolute Gasteiger partial charge is 0.434 e. The third-order valence-corrected chi connectivity index (χ3v) is 8.12. The molecule has 0 unspecified atom stereocenters. The third-order valence-electron chi connectivity index (χ3n) is 7.88. The molecule has 1 heterocycles. The van der Waals surface area contributed by atoms with E-state index in [-0.39, 0.29) is 5.95 Å². The summed E-state index contributed by atoms with van der Waals surface area (Å²) in [4.78, 5) is 17.5. The molecule has 0 aliphatic heterocycles. The Kier molecular flexibility index (Phi) is 8.41.